The van der Waals surface area contributed by atoms with E-state index in [2.05, 4.69) is 29.1 Å². The van der Waals surface area contributed by atoms with E-state index in [1.165, 1.54) is 49.8 Å². The molecule has 1 aromatic heterocycles. The highest BCUT2D eigenvalue weighted by Crippen LogP contribution is 2.47. The van der Waals surface area contributed by atoms with E-state index in [0.29, 0.717) is 11.3 Å². The Balaban J connectivity index is 1.95. The lowest BCUT2D eigenvalue weighted by Crippen LogP contribution is -2.30. The molecule has 150 valence electrons. The number of unbranched alkanes of at least 4 members (excludes halogenated alkanes) is 1. The Kier molecular flexibility index (Phi) is 9.09. The molecule has 5 nitrogen and oxygen atoms in total. The van der Waals surface area contributed by atoms with Crippen LogP contribution in [0.15, 0.2) is 6.20 Å². The van der Waals surface area contributed by atoms with Gasteiger partial charge in [-0.3, -0.25) is 5.10 Å². The van der Waals surface area contributed by atoms with Crippen molar-refractivity contribution in [3.05, 3.63) is 17.5 Å². The zero-order valence-electron chi connectivity index (χ0n) is 17.4. The highest BCUT2D eigenvalue weighted by atomic mass is 16.5. The fourth-order valence-corrected chi connectivity index (χ4v) is 4.38. The van der Waals surface area contributed by atoms with Gasteiger partial charge in [0.25, 0.3) is 0 Å². The van der Waals surface area contributed by atoms with Crippen molar-refractivity contribution in [2.45, 2.75) is 70.8 Å². The van der Waals surface area contributed by atoms with E-state index in [1.807, 2.05) is 20.4 Å². The van der Waals surface area contributed by atoms with Crippen LogP contribution in [0.1, 0.15) is 75.5 Å². The van der Waals surface area contributed by atoms with Gasteiger partial charge in [-0.15, -0.1) is 0 Å². The quantitative estimate of drug-likeness (QED) is 0.598. The van der Waals surface area contributed by atoms with Crippen molar-refractivity contribution < 1.29 is 9.47 Å². The third-order valence-corrected chi connectivity index (χ3v) is 6.21. The molecular weight excluding hydrogens is 326 g/mol. The summed E-state index contributed by atoms with van der Waals surface area (Å²) in [5, 5.41) is 7.70. The van der Waals surface area contributed by atoms with Gasteiger partial charge in [0.05, 0.1) is 6.20 Å². The van der Waals surface area contributed by atoms with Gasteiger partial charge in [-0.1, -0.05) is 13.3 Å². The molecule has 0 atom stereocenters. The molecule has 1 N–H and O–H groups in total. The molecule has 0 radical (unpaired) electrons. The summed E-state index contributed by atoms with van der Waals surface area (Å²) in [6.07, 6.45) is 11.8. The van der Waals surface area contributed by atoms with Gasteiger partial charge < -0.3 is 14.4 Å². The number of hydrogen-bond donors (Lipinski definition) is 1. The molecule has 0 bridgehead atoms. The first-order chi connectivity index (χ1) is 12.6. The molecule has 0 unspecified atom stereocenters. The van der Waals surface area contributed by atoms with Gasteiger partial charge in [0.1, 0.15) is 0 Å². The van der Waals surface area contributed by atoms with Crippen LogP contribution in [0.25, 0.3) is 0 Å². The van der Waals surface area contributed by atoms with Crippen LogP contribution < -0.4 is 0 Å². The molecule has 1 fully saturated rings. The predicted octanol–water partition coefficient (Wildman–Crippen LogP) is 4.36. The van der Waals surface area contributed by atoms with Crippen LogP contribution >= 0.6 is 0 Å². The largest absolute Gasteiger partial charge is 0.385 e. The van der Waals surface area contributed by atoms with Crippen molar-refractivity contribution in [2.75, 3.05) is 41.0 Å². The van der Waals surface area contributed by atoms with Gasteiger partial charge in [-0.25, -0.2) is 0 Å². The zero-order chi connectivity index (χ0) is 18.8. The molecule has 0 aromatic carbocycles. The lowest BCUT2D eigenvalue weighted by atomic mass is 9.66. The molecule has 0 aliphatic heterocycles. The molecule has 0 spiro atoms. The second kappa shape index (κ2) is 11.1. The number of aromatic nitrogens is 2. The maximum absolute atomic E-state index is 5.38. The van der Waals surface area contributed by atoms with E-state index in [9.17, 15) is 0 Å². The predicted molar refractivity (Wildman–Crippen MR) is 106 cm³/mol. The molecule has 0 saturated heterocycles. The number of nitrogens with one attached hydrogen (secondary N) is 1. The number of nitrogens with zero attached hydrogens (tertiary/aromatic N) is 2. The lowest BCUT2D eigenvalue weighted by molar-refractivity contribution is 0.0592. The van der Waals surface area contributed by atoms with Crippen LogP contribution in [-0.4, -0.2) is 56.1 Å². The number of H-pyrrole nitrogens is 1. The topological polar surface area (TPSA) is 50.4 Å². The first-order valence-corrected chi connectivity index (χ1v) is 10.3. The third kappa shape index (κ3) is 6.07. The molecule has 0 amide bonds. The van der Waals surface area contributed by atoms with E-state index >= 15 is 0 Å². The first kappa shape index (κ1) is 21.4. The summed E-state index contributed by atoms with van der Waals surface area (Å²) < 4.78 is 10.8. The van der Waals surface area contributed by atoms with Crippen molar-refractivity contribution in [1.29, 1.82) is 0 Å². The Morgan fingerprint density at radius 2 is 1.85 bits per heavy atom. The number of methoxy groups -OCH3 is 2. The molecule has 2 rings (SSSR count). The minimum Gasteiger partial charge on any atom is -0.385 e. The molecule has 1 aliphatic rings. The molecular formula is C21H39N3O2. The number of aromatic amines is 1. The van der Waals surface area contributed by atoms with Gasteiger partial charge >= 0.3 is 0 Å². The summed E-state index contributed by atoms with van der Waals surface area (Å²) in [5.74, 6) is 0.616. The lowest BCUT2D eigenvalue weighted by Gasteiger charge is -2.40. The second-order valence-electron chi connectivity index (χ2n) is 8.16. The molecule has 1 heterocycles. The van der Waals surface area contributed by atoms with E-state index in [-0.39, 0.29) is 0 Å². The van der Waals surface area contributed by atoms with Crippen LogP contribution in [-0.2, 0) is 16.0 Å². The van der Waals surface area contributed by atoms with E-state index in [4.69, 9.17) is 9.47 Å². The van der Waals surface area contributed by atoms with Crippen LogP contribution in [0.3, 0.4) is 0 Å². The Morgan fingerprint density at radius 1 is 1.19 bits per heavy atom. The Hall–Kier alpha value is -0.910. The summed E-state index contributed by atoms with van der Waals surface area (Å²) in [7, 11) is 5.83. The normalized spacial score (nSPS) is 17.9. The Labute approximate surface area is 159 Å². The molecule has 1 aromatic rings. The van der Waals surface area contributed by atoms with Gasteiger partial charge in [-0.05, 0) is 64.0 Å². The van der Waals surface area contributed by atoms with Gasteiger partial charge in [0, 0.05) is 51.2 Å². The zero-order valence-corrected chi connectivity index (χ0v) is 17.4. The molecule has 1 aliphatic carbocycles. The van der Waals surface area contributed by atoms with Crippen molar-refractivity contribution in [3.63, 3.8) is 0 Å². The summed E-state index contributed by atoms with van der Waals surface area (Å²) in [4.78, 5) is 2.42. The number of ether oxygens (including phenoxy) is 2. The van der Waals surface area contributed by atoms with Crippen LogP contribution in [0, 0.1) is 5.41 Å². The standard InChI is InChI=1S/C21H39N3O2/c1-5-6-13-24(2)17-19-16-22-23-20(19)18-7-9-21(10-8-18,11-14-25-3)12-15-26-4/h16,18H,5-15,17H2,1-4H3,(H,22,23). The fraction of sp³-hybridized carbons (Fsp3) is 0.857. The summed E-state index contributed by atoms with van der Waals surface area (Å²) in [6, 6.07) is 0. The summed E-state index contributed by atoms with van der Waals surface area (Å²) >= 11 is 0. The number of rotatable bonds is 12. The highest BCUT2D eigenvalue weighted by molar-refractivity contribution is 5.21. The van der Waals surface area contributed by atoms with Crippen molar-refractivity contribution in [3.8, 4) is 0 Å². The van der Waals surface area contributed by atoms with E-state index < -0.39 is 0 Å². The second-order valence-corrected chi connectivity index (χ2v) is 8.16. The SMILES string of the molecule is CCCCN(C)Cc1cn[nH]c1C1CCC(CCOC)(CCOC)CC1. The van der Waals surface area contributed by atoms with Gasteiger partial charge in [0.15, 0.2) is 0 Å². The van der Waals surface area contributed by atoms with Crippen molar-refractivity contribution in [1.82, 2.24) is 15.1 Å². The fourth-order valence-electron chi connectivity index (χ4n) is 4.38. The van der Waals surface area contributed by atoms with Crippen LogP contribution in [0.4, 0.5) is 0 Å². The van der Waals surface area contributed by atoms with Gasteiger partial charge in [-0.2, -0.15) is 5.10 Å². The highest BCUT2D eigenvalue weighted by Gasteiger charge is 2.36. The van der Waals surface area contributed by atoms with E-state index in [1.54, 1.807) is 0 Å². The molecule has 26 heavy (non-hydrogen) atoms. The van der Waals surface area contributed by atoms with Crippen molar-refractivity contribution >= 4 is 0 Å². The molecule has 5 heteroatoms. The Morgan fingerprint density at radius 3 is 2.42 bits per heavy atom. The summed E-state index contributed by atoms with van der Waals surface area (Å²) in [6.45, 7) is 6.11. The van der Waals surface area contributed by atoms with Crippen LogP contribution in [0.2, 0.25) is 0 Å². The molecule has 1 saturated carbocycles. The maximum atomic E-state index is 5.38. The average molecular weight is 366 g/mol. The smallest absolute Gasteiger partial charge is 0.0535 e. The monoisotopic (exact) mass is 365 g/mol. The summed E-state index contributed by atoms with van der Waals surface area (Å²) in [5.41, 5.74) is 3.15. The van der Waals surface area contributed by atoms with E-state index in [0.717, 1.165) is 39.1 Å². The maximum Gasteiger partial charge on any atom is 0.0535 e. The Bertz CT molecular complexity index is 485. The van der Waals surface area contributed by atoms with Crippen LogP contribution in [0.5, 0.6) is 0 Å². The minimum atomic E-state index is 0.390. The minimum absolute atomic E-state index is 0.390. The average Bonchev–Trinajstić information content (AvgIpc) is 3.11. The van der Waals surface area contributed by atoms with Gasteiger partial charge in [0.2, 0.25) is 0 Å². The third-order valence-electron chi connectivity index (χ3n) is 6.21. The number of hydrogen-bond acceptors (Lipinski definition) is 4. The van der Waals surface area contributed by atoms with Crippen molar-refractivity contribution in [2.24, 2.45) is 5.41 Å². The first-order valence-electron chi connectivity index (χ1n) is 10.3.